The SMILES string of the molecule is CN(C)Cc1cc(B2OC(C)(C)C(C)(C)O2)ccc1C1CCOCC1.Cl. The van der Waals surface area contributed by atoms with E-state index < -0.39 is 0 Å². The zero-order valence-corrected chi connectivity index (χ0v) is 17.8. The van der Waals surface area contributed by atoms with Crippen LogP contribution in [0.5, 0.6) is 0 Å². The maximum atomic E-state index is 6.24. The van der Waals surface area contributed by atoms with E-state index in [4.69, 9.17) is 14.0 Å². The summed E-state index contributed by atoms with van der Waals surface area (Å²) < 4.78 is 18.0. The van der Waals surface area contributed by atoms with E-state index in [1.165, 1.54) is 11.1 Å². The molecule has 1 aromatic rings. The molecule has 4 nitrogen and oxygen atoms in total. The van der Waals surface area contributed by atoms with E-state index in [9.17, 15) is 0 Å². The molecule has 2 fully saturated rings. The van der Waals surface area contributed by atoms with Crippen LogP contribution >= 0.6 is 12.4 Å². The monoisotopic (exact) mass is 381 g/mol. The predicted octanol–water partition coefficient (Wildman–Crippen LogP) is 3.36. The lowest BCUT2D eigenvalue weighted by Crippen LogP contribution is -2.41. The second-order valence-corrected chi connectivity index (χ2v) is 8.67. The van der Waals surface area contributed by atoms with E-state index in [0.717, 1.165) is 38.1 Å². The van der Waals surface area contributed by atoms with Gasteiger partial charge < -0.3 is 18.9 Å². The lowest BCUT2D eigenvalue weighted by Gasteiger charge is -2.32. The third-order valence-corrected chi connectivity index (χ3v) is 5.84. The van der Waals surface area contributed by atoms with Crippen LogP contribution in [-0.4, -0.2) is 50.5 Å². The Balaban J connectivity index is 0.00000243. The molecule has 6 heteroatoms. The van der Waals surface area contributed by atoms with Crippen molar-refractivity contribution in [3.63, 3.8) is 0 Å². The lowest BCUT2D eigenvalue weighted by atomic mass is 9.76. The molecule has 0 radical (unpaired) electrons. The molecule has 2 saturated heterocycles. The van der Waals surface area contributed by atoms with Crippen molar-refractivity contribution in [2.45, 2.75) is 64.2 Å². The molecule has 2 aliphatic rings. The molecule has 0 amide bonds. The van der Waals surface area contributed by atoms with Crippen molar-refractivity contribution in [1.29, 1.82) is 0 Å². The van der Waals surface area contributed by atoms with Crippen molar-refractivity contribution in [1.82, 2.24) is 4.90 Å². The number of nitrogens with zero attached hydrogens (tertiary/aromatic N) is 1. The second kappa shape index (κ2) is 8.20. The van der Waals surface area contributed by atoms with Gasteiger partial charge in [0.05, 0.1) is 11.2 Å². The molecule has 0 unspecified atom stereocenters. The molecule has 3 rings (SSSR count). The van der Waals surface area contributed by atoms with Crippen molar-refractivity contribution < 1.29 is 14.0 Å². The standard InChI is InChI=1S/C20H32BNO3.ClH/c1-19(2)20(3,4)25-21(24-19)17-7-8-18(15-9-11-23-12-10-15)16(13-17)14-22(5)6;/h7-8,13,15H,9-12,14H2,1-6H3;1H. The minimum atomic E-state index is -0.307. The average molecular weight is 382 g/mol. The fourth-order valence-electron chi connectivity index (χ4n) is 3.64. The quantitative estimate of drug-likeness (QED) is 0.748. The molecule has 0 spiro atoms. The van der Waals surface area contributed by atoms with Crippen LogP contribution in [-0.2, 0) is 20.6 Å². The Morgan fingerprint density at radius 2 is 1.62 bits per heavy atom. The van der Waals surface area contributed by atoms with Gasteiger partial charge >= 0.3 is 7.12 Å². The summed E-state index contributed by atoms with van der Waals surface area (Å²) in [6.45, 7) is 11.1. The summed E-state index contributed by atoms with van der Waals surface area (Å²) >= 11 is 0. The molecule has 0 saturated carbocycles. The smallest absolute Gasteiger partial charge is 0.399 e. The molecule has 2 heterocycles. The van der Waals surface area contributed by atoms with Gasteiger partial charge in [0, 0.05) is 19.8 Å². The Morgan fingerprint density at radius 1 is 1.04 bits per heavy atom. The molecule has 26 heavy (non-hydrogen) atoms. The second-order valence-electron chi connectivity index (χ2n) is 8.67. The van der Waals surface area contributed by atoms with Gasteiger partial charge in [-0.15, -0.1) is 12.4 Å². The minimum Gasteiger partial charge on any atom is -0.399 e. The van der Waals surface area contributed by atoms with Crippen LogP contribution in [0.2, 0.25) is 0 Å². The lowest BCUT2D eigenvalue weighted by molar-refractivity contribution is 0.00578. The van der Waals surface area contributed by atoms with E-state index in [1.54, 1.807) is 0 Å². The van der Waals surface area contributed by atoms with Gasteiger partial charge in [-0.3, -0.25) is 0 Å². The van der Waals surface area contributed by atoms with Gasteiger partial charge in [-0.05, 0) is 77.1 Å². The normalized spacial score (nSPS) is 22.5. The van der Waals surface area contributed by atoms with Crippen LogP contribution in [0, 0.1) is 0 Å². The van der Waals surface area contributed by atoms with E-state index >= 15 is 0 Å². The number of hydrogen-bond acceptors (Lipinski definition) is 4. The first kappa shape index (κ1) is 21.7. The first-order valence-corrected chi connectivity index (χ1v) is 9.40. The minimum absolute atomic E-state index is 0. The third kappa shape index (κ3) is 4.45. The molecule has 1 aromatic carbocycles. The summed E-state index contributed by atoms with van der Waals surface area (Å²) in [5.41, 5.74) is 3.34. The summed E-state index contributed by atoms with van der Waals surface area (Å²) in [6, 6.07) is 6.76. The Labute approximate surface area is 165 Å². The van der Waals surface area contributed by atoms with Gasteiger partial charge in [0.15, 0.2) is 0 Å². The maximum Gasteiger partial charge on any atom is 0.494 e. The van der Waals surface area contributed by atoms with Crippen LogP contribution in [0.4, 0.5) is 0 Å². The Morgan fingerprint density at radius 3 is 2.15 bits per heavy atom. The van der Waals surface area contributed by atoms with Crippen molar-refractivity contribution in [3.8, 4) is 0 Å². The number of hydrogen-bond donors (Lipinski definition) is 0. The van der Waals surface area contributed by atoms with Crippen molar-refractivity contribution >= 4 is 25.0 Å². The van der Waals surface area contributed by atoms with Gasteiger partial charge in [0.1, 0.15) is 0 Å². The molecule has 0 atom stereocenters. The number of ether oxygens (including phenoxy) is 1. The van der Waals surface area contributed by atoms with Gasteiger partial charge in [-0.2, -0.15) is 0 Å². The zero-order valence-electron chi connectivity index (χ0n) is 17.0. The Kier molecular flexibility index (Phi) is 6.84. The number of benzene rings is 1. The van der Waals surface area contributed by atoms with Crippen LogP contribution in [0.15, 0.2) is 18.2 Å². The van der Waals surface area contributed by atoms with E-state index in [2.05, 4.69) is 64.9 Å². The van der Waals surface area contributed by atoms with E-state index in [1.807, 2.05) is 0 Å². The third-order valence-electron chi connectivity index (χ3n) is 5.84. The highest BCUT2D eigenvalue weighted by atomic mass is 35.5. The molecule has 2 aliphatic heterocycles. The topological polar surface area (TPSA) is 30.9 Å². The Hall–Kier alpha value is -0.585. The fraction of sp³-hybridized carbons (Fsp3) is 0.700. The van der Waals surface area contributed by atoms with Gasteiger partial charge in [-0.1, -0.05) is 18.2 Å². The Bertz CT molecular complexity index is 599. The first-order chi connectivity index (χ1) is 11.7. The van der Waals surface area contributed by atoms with Crippen LogP contribution in [0.25, 0.3) is 0 Å². The highest BCUT2D eigenvalue weighted by molar-refractivity contribution is 6.62. The molecule has 0 N–H and O–H groups in total. The van der Waals surface area contributed by atoms with Crippen LogP contribution in [0.1, 0.15) is 57.6 Å². The van der Waals surface area contributed by atoms with E-state index in [0.29, 0.717) is 5.92 Å². The van der Waals surface area contributed by atoms with Gasteiger partial charge in [-0.25, -0.2) is 0 Å². The number of halogens is 1. The van der Waals surface area contributed by atoms with Crippen LogP contribution in [0.3, 0.4) is 0 Å². The van der Waals surface area contributed by atoms with Crippen molar-refractivity contribution in [2.24, 2.45) is 0 Å². The molecule has 0 bridgehead atoms. The summed E-state index contributed by atoms with van der Waals surface area (Å²) in [7, 11) is 3.94. The average Bonchev–Trinajstić information content (AvgIpc) is 2.76. The molecule has 0 aliphatic carbocycles. The summed E-state index contributed by atoms with van der Waals surface area (Å²) in [6.07, 6.45) is 2.21. The number of rotatable bonds is 4. The molecular formula is C20H33BClNO3. The zero-order chi connectivity index (χ0) is 18.2. The van der Waals surface area contributed by atoms with Gasteiger partial charge in [0.2, 0.25) is 0 Å². The van der Waals surface area contributed by atoms with Gasteiger partial charge in [0.25, 0.3) is 0 Å². The predicted molar refractivity (Wildman–Crippen MR) is 110 cm³/mol. The van der Waals surface area contributed by atoms with Crippen molar-refractivity contribution in [2.75, 3.05) is 27.3 Å². The van der Waals surface area contributed by atoms with E-state index in [-0.39, 0.29) is 30.7 Å². The highest BCUT2D eigenvalue weighted by Crippen LogP contribution is 2.37. The molecule has 146 valence electrons. The summed E-state index contributed by atoms with van der Waals surface area (Å²) in [5.74, 6) is 0.594. The highest BCUT2D eigenvalue weighted by Gasteiger charge is 2.51. The summed E-state index contributed by atoms with van der Waals surface area (Å²) in [4.78, 5) is 2.23. The summed E-state index contributed by atoms with van der Waals surface area (Å²) in [5, 5.41) is 0. The van der Waals surface area contributed by atoms with Crippen molar-refractivity contribution in [3.05, 3.63) is 29.3 Å². The molecular weight excluding hydrogens is 348 g/mol. The first-order valence-electron chi connectivity index (χ1n) is 9.40. The maximum absolute atomic E-state index is 6.24. The fourth-order valence-corrected chi connectivity index (χ4v) is 3.64. The molecule has 0 aromatic heterocycles. The largest absolute Gasteiger partial charge is 0.494 e. The van der Waals surface area contributed by atoms with Crippen LogP contribution < -0.4 is 5.46 Å².